The van der Waals surface area contributed by atoms with Crippen molar-refractivity contribution >= 4 is 75.1 Å². The van der Waals surface area contributed by atoms with E-state index >= 15 is 0 Å². The molecule has 7 nitrogen and oxygen atoms in total. The van der Waals surface area contributed by atoms with Crippen LogP contribution in [0.5, 0.6) is 0 Å². The highest BCUT2D eigenvalue weighted by molar-refractivity contribution is 14.1. The fourth-order valence-electron chi connectivity index (χ4n) is 2.70. The van der Waals surface area contributed by atoms with E-state index in [1.807, 2.05) is 24.3 Å². The Balaban J connectivity index is 1.59. The van der Waals surface area contributed by atoms with Crippen molar-refractivity contribution in [1.82, 2.24) is 20.1 Å². The van der Waals surface area contributed by atoms with Crippen LogP contribution in [0.15, 0.2) is 47.6 Å². The maximum Gasteiger partial charge on any atom is 0.253 e. The third-order valence-electron chi connectivity index (χ3n) is 4.24. The Kier molecular flexibility index (Phi) is 8.20. The highest BCUT2D eigenvalue weighted by atomic mass is 127. The van der Waals surface area contributed by atoms with Crippen molar-refractivity contribution in [3.63, 3.8) is 0 Å². The Morgan fingerprint density at radius 2 is 1.87 bits per heavy atom. The van der Waals surface area contributed by atoms with Gasteiger partial charge in [0.2, 0.25) is 5.91 Å². The molecule has 162 valence electrons. The van der Waals surface area contributed by atoms with Gasteiger partial charge in [-0.2, -0.15) is 0 Å². The number of thioether (sulfide) groups is 1. The van der Waals surface area contributed by atoms with Gasteiger partial charge in [-0.05, 0) is 72.0 Å². The molecule has 3 rings (SSSR count). The molecule has 1 heterocycles. The quantitative estimate of drug-likeness (QED) is 0.301. The topological polar surface area (TPSA) is 88.9 Å². The number of nitrogens with zero attached hydrogens (tertiary/aromatic N) is 3. The maximum absolute atomic E-state index is 12.5. The first-order valence-electron chi connectivity index (χ1n) is 9.08. The van der Waals surface area contributed by atoms with E-state index in [4.69, 9.17) is 23.2 Å². The lowest BCUT2D eigenvalue weighted by atomic mass is 10.2. The van der Waals surface area contributed by atoms with E-state index in [-0.39, 0.29) is 22.6 Å². The number of amides is 2. The smallest absolute Gasteiger partial charge is 0.253 e. The van der Waals surface area contributed by atoms with E-state index in [2.05, 4.69) is 43.4 Å². The summed E-state index contributed by atoms with van der Waals surface area (Å²) in [6, 6.07) is 11.8. The fraction of sp³-hybridized carbons (Fsp3) is 0.200. The molecule has 2 amide bonds. The Hall–Kier alpha value is -1.82. The second kappa shape index (κ2) is 10.7. The zero-order chi connectivity index (χ0) is 22.5. The van der Waals surface area contributed by atoms with Gasteiger partial charge in [0.15, 0.2) is 11.0 Å². The number of carbonyl (C=O) groups excluding carboxylic acids is 2. The first-order valence-corrected chi connectivity index (χ1v) is 11.9. The zero-order valence-corrected chi connectivity index (χ0v) is 21.0. The lowest BCUT2D eigenvalue weighted by Crippen LogP contribution is -2.28. The van der Waals surface area contributed by atoms with Crippen LogP contribution in [0.2, 0.25) is 10.0 Å². The molecule has 0 fully saturated rings. The molecule has 0 bridgehead atoms. The normalized spacial score (nSPS) is 11.8. The summed E-state index contributed by atoms with van der Waals surface area (Å²) >= 11 is 15.5. The maximum atomic E-state index is 12.5. The van der Waals surface area contributed by atoms with Crippen LogP contribution in [0.25, 0.3) is 0 Å². The molecule has 0 unspecified atom stereocenters. The van der Waals surface area contributed by atoms with Gasteiger partial charge in [0.1, 0.15) is 0 Å². The Morgan fingerprint density at radius 1 is 1.16 bits per heavy atom. The van der Waals surface area contributed by atoms with Gasteiger partial charge in [0.25, 0.3) is 5.91 Å². The number of hydrogen-bond acceptors (Lipinski definition) is 5. The summed E-state index contributed by atoms with van der Waals surface area (Å²) in [5, 5.41) is 15.3. The van der Waals surface area contributed by atoms with Crippen molar-refractivity contribution in [2.45, 2.75) is 18.1 Å². The summed E-state index contributed by atoms with van der Waals surface area (Å²) in [7, 11) is 1.78. The van der Waals surface area contributed by atoms with Crippen LogP contribution in [0.3, 0.4) is 0 Å². The lowest BCUT2D eigenvalue weighted by Gasteiger charge is -2.14. The van der Waals surface area contributed by atoms with Crippen molar-refractivity contribution in [2.24, 2.45) is 7.05 Å². The van der Waals surface area contributed by atoms with Gasteiger partial charge in [0, 0.05) is 21.3 Å². The van der Waals surface area contributed by atoms with Crippen molar-refractivity contribution < 1.29 is 9.59 Å². The Morgan fingerprint density at radius 3 is 2.55 bits per heavy atom. The minimum atomic E-state index is -0.424. The van der Waals surface area contributed by atoms with Crippen molar-refractivity contribution in [3.05, 3.63) is 67.5 Å². The summed E-state index contributed by atoms with van der Waals surface area (Å²) in [6.07, 6.45) is 0. The van der Waals surface area contributed by atoms with Crippen LogP contribution in [-0.4, -0.2) is 32.3 Å². The second-order valence-electron chi connectivity index (χ2n) is 6.56. The van der Waals surface area contributed by atoms with Crippen LogP contribution >= 0.6 is 57.6 Å². The van der Waals surface area contributed by atoms with Crippen LogP contribution in [-0.2, 0) is 11.8 Å². The molecule has 2 N–H and O–H groups in total. The molecule has 31 heavy (non-hydrogen) atoms. The molecule has 0 spiro atoms. The Bertz CT molecular complexity index is 1110. The highest BCUT2D eigenvalue weighted by Crippen LogP contribution is 2.23. The third-order valence-corrected chi connectivity index (χ3v) is 6.53. The number of carbonyl (C=O) groups is 2. The predicted octanol–water partition coefficient (Wildman–Crippen LogP) is 4.95. The average molecular weight is 590 g/mol. The molecule has 2 aromatic carbocycles. The lowest BCUT2D eigenvalue weighted by molar-refractivity contribution is -0.113. The molecule has 0 aliphatic rings. The summed E-state index contributed by atoms with van der Waals surface area (Å²) in [4.78, 5) is 24.7. The molecule has 1 aromatic heterocycles. The number of halogens is 3. The summed E-state index contributed by atoms with van der Waals surface area (Å²) < 4.78 is 2.84. The molecule has 11 heteroatoms. The molecular weight excluding hydrogens is 572 g/mol. The summed E-state index contributed by atoms with van der Waals surface area (Å²) in [5.74, 6) is 0.246. The van der Waals surface area contributed by atoms with E-state index in [0.717, 1.165) is 9.26 Å². The largest absolute Gasteiger partial charge is 0.342 e. The molecule has 3 aromatic rings. The molecule has 0 aliphatic carbocycles. The second-order valence-corrected chi connectivity index (χ2v) is 9.59. The van der Waals surface area contributed by atoms with Gasteiger partial charge in [-0.1, -0.05) is 35.0 Å². The van der Waals surface area contributed by atoms with E-state index in [9.17, 15) is 9.59 Å². The molecule has 0 saturated carbocycles. The monoisotopic (exact) mass is 589 g/mol. The number of anilines is 1. The van der Waals surface area contributed by atoms with E-state index in [1.165, 1.54) is 17.8 Å². The van der Waals surface area contributed by atoms with Gasteiger partial charge in [-0.25, -0.2) is 0 Å². The summed E-state index contributed by atoms with van der Waals surface area (Å²) in [5.41, 5.74) is 1.06. The zero-order valence-electron chi connectivity index (χ0n) is 16.5. The van der Waals surface area contributed by atoms with E-state index in [0.29, 0.717) is 21.6 Å². The van der Waals surface area contributed by atoms with Crippen LogP contribution in [0, 0.1) is 3.57 Å². The SMILES string of the molecule is C[C@@H](NC(=O)c1ccc(Cl)cc1Cl)c1nnc(SCC(=O)Nc2ccc(I)cc2)n1C. The van der Waals surface area contributed by atoms with Crippen molar-refractivity contribution in [3.8, 4) is 0 Å². The van der Waals surface area contributed by atoms with Gasteiger partial charge < -0.3 is 15.2 Å². The average Bonchev–Trinajstić information content (AvgIpc) is 3.08. The van der Waals surface area contributed by atoms with Crippen molar-refractivity contribution in [1.29, 1.82) is 0 Å². The molecule has 0 saturated heterocycles. The first kappa shape index (κ1) is 23.8. The van der Waals surface area contributed by atoms with Gasteiger partial charge in [0.05, 0.1) is 22.4 Å². The van der Waals surface area contributed by atoms with Gasteiger partial charge in [-0.15, -0.1) is 10.2 Å². The van der Waals surface area contributed by atoms with Crippen LogP contribution in [0.4, 0.5) is 5.69 Å². The predicted molar refractivity (Wildman–Crippen MR) is 132 cm³/mol. The number of benzene rings is 2. The standard InChI is InChI=1S/C20H18Cl2IN5O2S/c1-11(24-19(30)15-8-3-12(21)9-16(15)22)18-26-27-20(28(18)2)31-10-17(29)25-14-6-4-13(23)5-7-14/h3-9,11H,10H2,1-2H3,(H,24,30)(H,25,29)/t11-/m1/s1. The number of rotatable bonds is 7. The van der Waals surface area contributed by atoms with Gasteiger partial charge in [-0.3, -0.25) is 9.59 Å². The van der Waals surface area contributed by atoms with Crippen LogP contribution < -0.4 is 10.6 Å². The number of hydrogen-bond donors (Lipinski definition) is 2. The van der Waals surface area contributed by atoms with Crippen LogP contribution in [0.1, 0.15) is 29.1 Å². The van der Waals surface area contributed by atoms with E-state index < -0.39 is 6.04 Å². The minimum absolute atomic E-state index is 0.144. The molecule has 1 atom stereocenters. The number of nitrogens with one attached hydrogen (secondary N) is 2. The van der Waals surface area contributed by atoms with Gasteiger partial charge >= 0.3 is 0 Å². The van der Waals surface area contributed by atoms with E-state index in [1.54, 1.807) is 30.7 Å². The molecular formula is C20H18Cl2IN5O2S. The first-order chi connectivity index (χ1) is 14.7. The highest BCUT2D eigenvalue weighted by Gasteiger charge is 2.20. The Labute approximate surface area is 207 Å². The molecule has 0 radical (unpaired) electrons. The molecule has 0 aliphatic heterocycles. The summed E-state index contributed by atoms with van der Waals surface area (Å²) in [6.45, 7) is 1.80. The fourth-order valence-corrected chi connectivity index (χ4v) is 4.27. The number of aromatic nitrogens is 3. The van der Waals surface area contributed by atoms with Crippen molar-refractivity contribution in [2.75, 3.05) is 11.1 Å². The third kappa shape index (κ3) is 6.34. The minimum Gasteiger partial charge on any atom is -0.342 e.